The molecule has 4 heteroatoms. The molecule has 2 aromatic rings. The molecule has 0 aromatic heterocycles. The van der Waals surface area contributed by atoms with Crippen LogP contribution in [0, 0.1) is 0 Å². The number of carbonyl (C=O) groups is 2. The molecule has 0 spiro atoms. The molecular weight excluding hydrogens is 283 g/mol. The summed E-state index contributed by atoms with van der Waals surface area (Å²) in [5.41, 5.74) is 0.844. The lowest BCUT2D eigenvalue weighted by Crippen LogP contribution is -2.08. The third-order valence-electron chi connectivity index (χ3n) is 3.10. The minimum atomic E-state index is -0.504. The fraction of sp³-hybridized carbons (Fsp3) is 0.200. The van der Waals surface area contributed by atoms with Gasteiger partial charge in [-0.3, -0.25) is 9.59 Å². The standard InChI is InChI=1S/C15H12Cl2O2/c16-14(18)9-8-13(15(17)19)12-7-3-5-10-4-1-2-6-11(10)12/h1-7,13H,8-9H2. The lowest BCUT2D eigenvalue weighted by molar-refractivity contribution is -0.113. The van der Waals surface area contributed by atoms with Crippen LogP contribution in [0.4, 0.5) is 0 Å². The van der Waals surface area contributed by atoms with Crippen molar-refractivity contribution in [3.8, 4) is 0 Å². The van der Waals surface area contributed by atoms with Crippen LogP contribution in [-0.2, 0) is 9.59 Å². The van der Waals surface area contributed by atoms with E-state index >= 15 is 0 Å². The quantitative estimate of drug-likeness (QED) is 0.773. The molecule has 1 atom stereocenters. The highest BCUT2D eigenvalue weighted by Crippen LogP contribution is 2.30. The van der Waals surface area contributed by atoms with E-state index in [0.717, 1.165) is 16.3 Å². The number of rotatable bonds is 5. The fourth-order valence-corrected chi connectivity index (χ4v) is 2.54. The summed E-state index contributed by atoms with van der Waals surface area (Å²) in [6, 6.07) is 13.5. The van der Waals surface area contributed by atoms with Crippen LogP contribution in [0.1, 0.15) is 24.3 Å². The largest absolute Gasteiger partial charge is 0.281 e. The Hall–Kier alpha value is -1.38. The van der Waals surface area contributed by atoms with Crippen molar-refractivity contribution in [2.45, 2.75) is 18.8 Å². The number of hydrogen-bond donors (Lipinski definition) is 0. The first-order valence-electron chi connectivity index (χ1n) is 5.95. The summed E-state index contributed by atoms with van der Waals surface area (Å²) in [7, 11) is 0. The van der Waals surface area contributed by atoms with Crippen molar-refractivity contribution in [1.29, 1.82) is 0 Å². The monoisotopic (exact) mass is 294 g/mol. The molecule has 0 aliphatic rings. The molecule has 0 heterocycles. The van der Waals surface area contributed by atoms with Crippen molar-refractivity contribution >= 4 is 44.5 Å². The summed E-state index contributed by atoms with van der Waals surface area (Å²) >= 11 is 11.0. The van der Waals surface area contributed by atoms with Crippen LogP contribution in [0.25, 0.3) is 10.8 Å². The molecular formula is C15H12Cl2O2. The SMILES string of the molecule is O=C(Cl)CCC(C(=O)Cl)c1cccc2ccccc12. The topological polar surface area (TPSA) is 34.1 Å². The van der Waals surface area contributed by atoms with Crippen LogP contribution >= 0.6 is 23.2 Å². The average molecular weight is 295 g/mol. The predicted molar refractivity (Wildman–Crippen MR) is 77.6 cm³/mol. The fourth-order valence-electron chi connectivity index (χ4n) is 2.20. The van der Waals surface area contributed by atoms with Gasteiger partial charge in [-0.2, -0.15) is 0 Å². The molecule has 0 saturated heterocycles. The van der Waals surface area contributed by atoms with Gasteiger partial charge in [-0.1, -0.05) is 42.5 Å². The van der Waals surface area contributed by atoms with E-state index in [1.807, 2.05) is 42.5 Å². The Labute approximate surface area is 121 Å². The number of benzene rings is 2. The van der Waals surface area contributed by atoms with Crippen molar-refractivity contribution in [3.05, 3.63) is 48.0 Å². The highest BCUT2D eigenvalue weighted by Gasteiger charge is 2.21. The van der Waals surface area contributed by atoms with Gasteiger partial charge >= 0.3 is 0 Å². The van der Waals surface area contributed by atoms with Crippen LogP contribution in [0.2, 0.25) is 0 Å². The third kappa shape index (κ3) is 3.34. The van der Waals surface area contributed by atoms with E-state index in [1.165, 1.54) is 0 Å². The maximum absolute atomic E-state index is 11.6. The number of carbonyl (C=O) groups excluding carboxylic acids is 2. The molecule has 2 rings (SSSR count). The minimum absolute atomic E-state index is 0.133. The van der Waals surface area contributed by atoms with Gasteiger partial charge in [-0.25, -0.2) is 0 Å². The highest BCUT2D eigenvalue weighted by molar-refractivity contribution is 6.65. The van der Waals surface area contributed by atoms with Gasteiger partial charge < -0.3 is 0 Å². The summed E-state index contributed by atoms with van der Waals surface area (Å²) in [4.78, 5) is 22.5. The molecule has 0 N–H and O–H groups in total. The van der Waals surface area contributed by atoms with Crippen LogP contribution in [-0.4, -0.2) is 10.5 Å². The van der Waals surface area contributed by atoms with Gasteiger partial charge in [-0.15, -0.1) is 0 Å². The maximum Gasteiger partial charge on any atom is 0.229 e. The van der Waals surface area contributed by atoms with E-state index in [9.17, 15) is 9.59 Å². The van der Waals surface area contributed by atoms with E-state index in [0.29, 0.717) is 6.42 Å². The van der Waals surface area contributed by atoms with E-state index in [1.54, 1.807) is 0 Å². The zero-order valence-electron chi connectivity index (χ0n) is 10.1. The second-order valence-electron chi connectivity index (χ2n) is 4.32. The lowest BCUT2D eigenvalue weighted by Gasteiger charge is -2.14. The highest BCUT2D eigenvalue weighted by atomic mass is 35.5. The zero-order chi connectivity index (χ0) is 13.8. The Balaban J connectivity index is 2.44. The summed E-state index contributed by atoms with van der Waals surface area (Å²) in [5.74, 6) is -0.504. The minimum Gasteiger partial charge on any atom is -0.281 e. The Morgan fingerprint density at radius 3 is 2.37 bits per heavy atom. The summed E-state index contributed by atoms with van der Waals surface area (Å²) in [5, 5.41) is 1.10. The van der Waals surface area contributed by atoms with Gasteiger partial charge in [0.1, 0.15) is 0 Å². The second kappa shape index (κ2) is 6.18. The lowest BCUT2D eigenvalue weighted by atomic mass is 9.91. The van der Waals surface area contributed by atoms with Crippen LogP contribution < -0.4 is 0 Å². The average Bonchev–Trinajstić information content (AvgIpc) is 2.38. The van der Waals surface area contributed by atoms with Gasteiger partial charge in [0.2, 0.25) is 10.5 Å². The molecule has 98 valence electrons. The first kappa shape index (κ1) is 14.0. The molecule has 0 fully saturated rings. The van der Waals surface area contributed by atoms with E-state index in [-0.39, 0.29) is 6.42 Å². The van der Waals surface area contributed by atoms with Gasteiger partial charge in [0, 0.05) is 6.42 Å². The number of halogens is 2. The number of hydrogen-bond acceptors (Lipinski definition) is 2. The van der Waals surface area contributed by atoms with Crippen molar-refractivity contribution in [2.24, 2.45) is 0 Å². The first-order chi connectivity index (χ1) is 9.09. The summed E-state index contributed by atoms with van der Waals surface area (Å²) < 4.78 is 0. The van der Waals surface area contributed by atoms with Crippen molar-refractivity contribution in [2.75, 3.05) is 0 Å². The van der Waals surface area contributed by atoms with Crippen molar-refractivity contribution < 1.29 is 9.59 Å². The maximum atomic E-state index is 11.6. The van der Waals surface area contributed by atoms with Gasteiger partial charge in [-0.05, 0) is 46.0 Å². The van der Waals surface area contributed by atoms with Crippen LogP contribution in [0.15, 0.2) is 42.5 Å². The van der Waals surface area contributed by atoms with Crippen molar-refractivity contribution in [1.82, 2.24) is 0 Å². The molecule has 1 unspecified atom stereocenters. The van der Waals surface area contributed by atoms with E-state index in [4.69, 9.17) is 23.2 Å². The first-order valence-corrected chi connectivity index (χ1v) is 6.70. The Kier molecular flexibility index (Phi) is 4.56. The smallest absolute Gasteiger partial charge is 0.229 e. The van der Waals surface area contributed by atoms with E-state index in [2.05, 4.69) is 0 Å². The van der Waals surface area contributed by atoms with Gasteiger partial charge in [0.25, 0.3) is 0 Å². The van der Waals surface area contributed by atoms with Gasteiger partial charge in [0.05, 0.1) is 5.92 Å². The normalized spacial score (nSPS) is 12.3. The third-order valence-corrected chi connectivity index (χ3v) is 3.55. The summed E-state index contributed by atoms with van der Waals surface area (Å²) in [6.45, 7) is 0. The molecule has 0 aliphatic carbocycles. The molecule has 0 amide bonds. The van der Waals surface area contributed by atoms with Crippen LogP contribution in [0.3, 0.4) is 0 Å². The molecule has 2 nitrogen and oxygen atoms in total. The van der Waals surface area contributed by atoms with Crippen molar-refractivity contribution in [3.63, 3.8) is 0 Å². The molecule has 0 aliphatic heterocycles. The second-order valence-corrected chi connectivity index (χ2v) is 5.11. The van der Waals surface area contributed by atoms with Gasteiger partial charge in [0.15, 0.2) is 0 Å². The van der Waals surface area contributed by atoms with E-state index < -0.39 is 16.4 Å². The van der Waals surface area contributed by atoms with Crippen LogP contribution in [0.5, 0.6) is 0 Å². The molecule has 19 heavy (non-hydrogen) atoms. The molecule has 0 saturated carbocycles. The molecule has 0 radical (unpaired) electrons. The molecule has 2 aromatic carbocycles. The zero-order valence-corrected chi connectivity index (χ0v) is 11.6. The molecule has 0 bridgehead atoms. The predicted octanol–water partition coefficient (Wildman–Crippen LogP) is 4.23. The Bertz CT molecular complexity index is 617. The number of fused-ring (bicyclic) bond motifs is 1. The summed E-state index contributed by atoms with van der Waals surface area (Å²) in [6.07, 6.45) is 0.465. The Morgan fingerprint density at radius 1 is 1.00 bits per heavy atom. The Morgan fingerprint density at radius 2 is 1.68 bits per heavy atom.